The van der Waals surface area contributed by atoms with Crippen molar-refractivity contribution in [3.63, 3.8) is 0 Å². The van der Waals surface area contributed by atoms with Crippen molar-refractivity contribution < 1.29 is 9.13 Å². The Morgan fingerprint density at radius 1 is 1.18 bits per heavy atom. The second-order valence-corrected chi connectivity index (χ2v) is 10.5. The van der Waals surface area contributed by atoms with Crippen molar-refractivity contribution in [2.24, 2.45) is 5.92 Å². The molecule has 180 valence electrons. The van der Waals surface area contributed by atoms with Gasteiger partial charge in [-0.3, -0.25) is 4.90 Å². The van der Waals surface area contributed by atoms with Gasteiger partial charge in [-0.25, -0.2) is 19.0 Å². The third-order valence-corrected chi connectivity index (χ3v) is 7.99. The van der Waals surface area contributed by atoms with E-state index in [1.165, 1.54) is 0 Å². The van der Waals surface area contributed by atoms with E-state index < -0.39 is 6.17 Å². The van der Waals surface area contributed by atoms with Crippen LogP contribution in [0.5, 0.6) is 0 Å². The number of anilines is 2. The molecular formula is C25H30ClFN6O. The average molecular weight is 485 g/mol. The second kappa shape index (κ2) is 8.73. The first kappa shape index (κ1) is 22.2. The number of fused-ring (bicyclic) bond motifs is 1. The molecule has 1 aromatic carbocycles. The predicted molar refractivity (Wildman–Crippen MR) is 131 cm³/mol. The number of nitrogens with one attached hydrogen (secondary N) is 1. The number of piperidine rings is 1. The van der Waals surface area contributed by atoms with Crippen molar-refractivity contribution in [3.8, 4) is 0 Å². The highest BCUT2D eigenvalue weighted by Gasteiger charge is 2.38. The molecular weight excluding hydrogens is 455 g/mol. The van der Waals surface area contributed by atoms with Gasteiger partial charge in [0.15, 0.2) is 5.15 Å². The van der Waals surface area contributed by atoms with E-state index in [9.17, 15) is 0 Å². The largest absolute Gasteiger partial charge is 0.379 e. The zero-order valence-corrected chi connectivity index (χ0v) is 20.3. The summed E-state index contributed by atoms with van der Waals surface area (Å²) in [4.78, 5) is 11.5. The Morgan fingerprint density at radius 3 is 2.76 bits per heavy atom. The molecule has 3 aliphatic rings. The zero-order chi connectivity index (χ0) is 23.4. The van der Waals surface area contributed by atoms with E-state index in [0.29, 0.717) is 47.9 Å². The molecule has 1 aliphatic carbocycles. The fraction of sp³-hybridized carbons (Fsp3) is 0.560. The molecule has 0 radical (unpaired) electrons. The molecule has 4 atom stereocenters. The molecule has 3 fully saturated rings. The molecule has 34 heavy (non-hydrogen) atoms. The Hall–Kier alpha value is -2.29. The molecule has 4 heterocycles. The number of likely N-dealkylation sites (tertiary alicyclic amines) is 1. The van der Waals surface area contributed by atoms with Crippen LogP contribution < -0.4 is 5.32 Å². The van der Waals surface area contributed by atoms with Gasteiger partial charge in [0.05, 0.1) is 36.7 Å². The predicted octanol–water partition coefficient (Wildman–Crippen LogP) is 5.03. The monoisotopic (exact) mass is 484 g/mol. The number of nitrogens with zero attached hydrogens (tertiary/aromatic N) is 5. The van der Waals surface area contributed by atoms with E-state index in [2.05, 4.69) is 40.2 Å². The molecule has 3 aromatic rings. The molecule has 2 aliphatic heterocycles. The normalized spacial score (nSPS) is 28.0. The van der Waals surface area contributed by atoms with Crippen LogP contribution in [0.2, 0.25) is 5.15 Å². The topological polar surface area (TPSA) is 68.1 Å². The van der Waals surface area contributed by atoms with Crippen LogP contribution in [-0.2, 0) is 4.74 Å². The summed E-state index contributed by atoms with van der Waals surface area (Å²) in [6.45, 7) is 7.08. The molecule has 6 rings (SSSR count). The lowest BCUT2D eigenvalue weighted by molar-refractivity contribution is 0.0657. The molecule has 1 N–H and O–H groups in total. The van der Waals surface area contributed by atoms with Gasteiger partial charge in [-0.1, -0.05) is 18.5 Å². The van der Waals surface area contributed by atoms with E-state index in [0.717, 1.165) is 54.4 Å². The van der Waals surface area contributed by atoms with Crippen molar-refractivity contribution in [3.05, 3.63) is 40.8 Å². The van der Waals surface area contributed by atoms with Gasteiger partial charge in [0.25, 0.3) is 0 Å². The number of rotatable bonds is 5. The highest BCUT2D eigenvalue weighted by molar-refractivity contribution is 6.32. The Bertz CT molecular complexity index is 1210. The van der Waals surface area contributed by atoms with E-state index in [1.54, 1.807) is 12.4 Å². The van der Waals surface area contributed by atoms with E-state index in [-0.39, 0.29) is 5.92 Å². The summed E-state index contributed by atoms with van der Waals surface area (Å²) in [5.74, 6) is 0.788. The standard InChI is InChI=1S/C25H30ClFN6O/c1-14-7-16-9-28-25(31-22-10-29-33(24(22)26)17-3-4-17)30-21(16)8-19(14)18-5-6-32(11-20(18)27)23-13-34-12-15(23)2/h7-10,15,17-18,20,23H,3-6,11-13H2,1-2H3,(H,28,30,31)/t15-,18+,20-,23+/m1/s1. The van der Waals surface area contributed by atoms with E-state index in [1.807, 2.05) is 10.7 Å². The van der Waals surface area contributed by atoms with Crippen molar-refractivity contribution in [1.82, 2.24) is 24.6 Å². The van der Waals surface area contributed by atoms with E-state index >= 15 is 4.39 Å². The first-order chi connectivity index (χ1) is 16.5. The molecule has 2 aromatic heterocycles. The summed E-state index contributed by atoms with van der Waals surface area (Å²) in [6, 6.07) is 4.84. The highest BCUT2D eigenvalue weighted by atomic mass is 35.5. The molecule has 1 saturated carbocycles. The number of benzene rings is 1. The lowest BCUT2D eigenvalue weighted by Crippen LogP contribution is -2.48. The highest BCUT2D eigenvalue weighted by Crippen LogP contribution is 2.39. The SMILES string of the molecule is Cc1cc2cnc(Nc3cnn(C4CC4)c3Cl)nc2cc1[C@@H]1CCN([C@H]2COC[C@H]2C)C[C@H]1F. The van der Waals surface area contributed by atoms with Gasteiger partial charge in [0.1, 0.15) is 6.17 Å². The van der Waals surface area contributed by atoms with Gasteiger partial charge < -0.3 is 10.1 Å². The number of aromatic nitrogens is 4. The summed E-state index contributed by atoms with van der Waals surface area (Å²) in [6.07, 6.45) is 5.62. The number of halogens is 2. The Balaban J connectivity index is 1.23. The summed E-state index contributed by atoms with van der Waals surface area (Å²) >= 11 is 6.49. The maximum absolute atomic E-state index is 15.5. The van der Waals surface area contributed by atoms with Gasteiger partial charge in [-0.15, -0.1) is 0 Å². The minimum absolute atomic E-state index is 0.129. The molecule has 9 heteroatoms. The molecule has 0 bridgehead atoms. The van der Waals surface area contributed by atoms with Crippen molar-refractivity contribution in [2.45, 2.75) is 57.3 Å². The van der Waals surface area contributed by atoms with Crippen LogP contribution >= 0.6 is 11.6 Å². The summed E-state index contributed by atoms with van der Waals surface area (Å²) < 4.78 is 22.9. The molecule has 7 nitrogen and oxygen atoms in total. The quantitative estimate of drug-likeness (QED) is 0.548. The van der Waals surface area contributed by atoms with Crippen molar-refractivity contribution in [1.29, 1.82) is 0 Å². The third kappa shape index (κ3) is 4.06. The minimum atomic E-state index is -0.913. The van der Waals surface area contributed by atoms with Crippen LogP contribution in [0.4, 0.5) is 16.0 Å². The minimum Gasteiger partial charge on any atom is -0.379 e. The van der Waals surface area contributed by atoms with Crippen LogP contribution in [0.1, 0.15) is 49.3 Å². The fourth-order valence-electron chi connectivity index (χ4n) is 5.49. The lowest BCUT2D eigenvalue weighted by Gasteiger charge is -2.39. The zero-order valence-electron chi connectivity index (χ0n) is 19.5. The van der Waals surface area contributed by atoms with E-state index in [4.69, 9.17) is 21.3 Å². The molecule has 2 saturated heterocycles. The summed E-state index contributed by atoms with van der Waals surface area (Å²) in [7, 11) is 0. The number of hydrogen-bond donors (Lipinski definition) is 1. The first-order valence-corrected chi connectivity index (χ1v) is 12.6. The second-order valence-electron chi connectivity index (χ2n) is 10.1. The van der Waals surface area contributed by atoms with Crippen LogP contribution in [0.25, 0.3) is 10.9 Å². The smallest absolute Gasteiger partial charge is 0.227 e. The van der Waals surface area contributed by atoms with Crippen LogP contribution in [0.15, 0.2) is 24.5 Å². The summed E-state index contributed by atoms with van der Waals surface area (Å²) in [5.41, 5.74) is 3.63. The molecule has 0 spiro atoms. The van der Waals surface area contributed by atoms with Gasteiger partial charge in [0.2, 0.25) is 5.95 Å². The van der Waals surface area contributed by atoms with Crippen molar-refractivity contribution in [2.75, 3.05) is 31.6 Å². The fourth-order valence-corrected chi connectivity index (χ4v) is 5.77. The number of aryl methyl sites for hydroxylation is 1. The molecule has 0 amide bonds. The Labute approximate surface area is 203 Å². The van der Waals surface area contributed by atoms with Crippen LogP contribution in [-0.4, -0.2) is 63.2 Å². The van der Waals surface area contributed by atoms with Crippen molar-refractivity contribution >= 4 is 34.1 Å². The Morgan fingerprint density at radius 2 is 2.03 bits per heavy atom. The number of alkyl halides is 1. The number of ether oxygens (including phenoxy) is 1. The van der Waals surface area contributed by atoms with Gasteiger partial charge in [0, 0.05) is 30.1 Å². The maximum atomic E-state index is 15.5. The summed E-state index contributed by atoms with van der Waals surface area (Å²) in [5, 5.41) is 9.10. The molecule has 0 unspecified atom stereocenters. The lowest BCUT2D eigenvalue weighted by atomic mass is 9.84. The van der Waals surface area contributed by atoms with Crippen LogP contribution in [0, 0.1) is 12.8 Å². The maximum Gasteiger partial charge on any atom is 0.227 e. The van der Waals surface area contributed by atoms with Gasteiger partial charge in [-0.05, 0) is 61.9 Å². The number of hydrogen-bond acceptors (Lipinski definition) is 6. The average Bonchev–Trinajstić information content (AvgIpc) is 3.47. The first-order valence-electron chi connectivity index (χ1n) is 12.2. The van der Waals surface area contributed by atoms with Gasteiger partial charge in [-0.2, -0.15) is 5.10 Å². The van der Waals surface area contributed by atoms with Crippen LogP contribution in [0.3, 0.4) is 0 Å². The third-order valence-electron chi connectivity index (χ3n) is 7.61. The van der Waals surface area contributed by atoms with Gasteiger partial charge >= 0.3 is 0 Å². The Kier molecular flexibility index (Phi) is 5.70.